The largest absolute Gasteiger partial charge is 0.383 e. The molecule has 3 rings (SSSR count). The molecule has 1 unspecified atom stereocenters. The summed E-state index contributed by atoms with van der Waals surface area (Å²) in [6.07, 6.45) is 1.76. The van der Waals surface area contributed by atoms with Crippen molar-refractivity contribution in [1.82, 2.24) is 25.1 Å². The minimum atomic E-state index is 0.0421. The number of nitrogens with two attached hydrogens (primary N) is 1. The summed E-state index contributed by atoms with van der Waals surface area (Å²) in [6.45, 7) is 12.8. The van der Waals surface area contributed by atoms with Crippen LogP contribution in [0, 0.1) is 13.8 Å². The lowest BCUT2D eigenvalue weighted by atomic mass is 10.1. The molecule has 0 aliphatic heterocycles. The van der Waals surface area contributed by atoms with E-state index in [2.05, 4.69) is 43.9 Å². The van der Waals surface area contributed by atoms with E-state index in [9.17, 15) is 0 Å². The normalized spacial score (nSPS) is 11.8. The maximum Gasteiger partial charge on any atom is 0.161 e. The van der Waals surface area contributed by atoms with Crippen LogP contribution in [0.5, 0.6) is 0 Å². The first-order chi connectivity index (χ1) is 12.0. The Morgan fingerprint density at radius 2 is 1.88 bits per heavy atom. The van der Waals surface area contributed by atoms with Crippen LogP contribution < -0.4 is 10.6 Å². The Hall–Kier alpha value is -2.70. The third-order valence-electron chi connectivity index (χ3n) is 4.03. The number of anilines is 2. The van der Waals surface area contributed by atoms with Gasteiger partial charge >= 0.3 is 0 Å². The number of pyridine rings is 1. The van der Waals surface area contributed by atoms with Crippen LogP contribution >= 0.6 is 0 Å². The molecule has 0 aliphatic carbocycles. The van der Waals surface area contributed by atoms with E-state index in [-0.39, 0.29) is 6.04 Å². The van der Waals surface area contributed by atoms with Crippen molar-refractivity contribution in [3.8, 4) is 0 Å². The summed E-state index contributed by atoms with van der Waals surface area (Å²) < 4.78 is 0. The number of H-pyrrole nitrogens is 1. The maximum absolute atomic E-state index is 6.13. The summed E-state index contributed by atoms with van der Waals surface area (Å²) in [7, 11) is 0. The molecule has 0 fully saturated rings. The lowest BCUT2D eigenvalue weighted by Gasteiger charge is -2.30. The molecule has 7 nitrogen and oxygen atoms in total. The Kier molecular flexibility index (Phi) is 5.90. The summed E-state index contributed by atoms with van der Waals surface area (Å²) in [6, 6.07) is 4.06. The lowest BCUT2D eigenvalue weighted by Crippen LogP contribution is -2.28. The Balaban J connectivity index is 0.00000109. The van der Waals surface area contributed by atoms with Gasteiger partial charge in [0.1, 0.15) is 17.5 Å². The Morgan fingerprint density at radius 1 is 1.16 bits per heavy atom. The number of aryl methyl sites for hydroxylation is 2. The summed E-state index contributed by atoms with van der Waals surface area (Å²) in [4.78, 5) is 15.6. The number of aromatic amines is 1. The van der Waals surface area contributed by atoms with Crippen LogP contribution in [0.25, 0.3) is 11.0 Å². The van der Waals surface area contributed by atoms with E-state index in [0.717, 1.165) is 34.7 Å². The second-order valence-electron chi connectivity index (χ2n) is 5.62. The molecule has 0 radical (unpaired) electrons. The molecule has 7 heteroatoms. The number of nitrogens with one attached hydrogen (secondary N) is 1. The minimum absolute atomic E-state index is 0.0421. The topological polar surface area (TPSA) is 96.6 Å². The summed E-state index contributed by atoms with van der Waals surface area (Å²) in [5.74, 6) is 2.12. The summed E-state index contributed by atoms with van der Waals surface area (Å²) in [5, 5.41) is 7.91. The van der Waals surface area contributed by atoms with E-state index in [1.807, 2.05) is 39.8 Å². The molecule has 3 heterocycles. The van der Waals surface area contributed by atoms with Crippen molar-refractivity contribution >= 4 is 22.7 Å². The molecule has 0 bridgehead atoms. The molecule has 3 aromatic heterocycles. The quantitative estimate of drug-likeness (QED) is 0.753. The van der Waals surface area contributed by atoms with Crippen LogP contribution in [-0.2, 0) is 0 Å². The van der Waals surface area contributed by atoms with Gasteiger partial charge in [-0.25, -0.2) is 15.0 Å². The molecule has 0 spiro atoms. The number of hydrogen-bond acceptors (Lipinski definition) is 6. The molecule has 0 amide bonds. The fourth-order valence-electron chi connectivity index (χ4n) is 2.86. The number of nitrogens with zero attached hydrogens (tertiary/aromatic N) is 5. The van der Waals surface area contributed by atoms with Gasteiger partial charge in [0.05, 0.1) is 17.6 Å². The van der Waals surface area contributed by atoms with Crippen LogP contribution in [0.1, 0.15) is 50.8 Å². The molecule has 0 saturated heterocycles. The highest BCUT2D eigenvalue weighted by molar-refractivity contribution is 5.86. The molecule has 25 heavy (non-hydrogen) atoms. The fourth-order valence-corrected chi connectivity index (χ4v) is 2.86. The van der Waals surface area contributed by atoms with E-state index in [0.29, 0.717) is 11.6 Å². The molecule has 0 saturated carbocycles. The van der Waals surface area contributed by atoms with Crippen molar-refractivity contribution in [2.24, 2.45) is 0 Å². The Bertz CT molecular complexity index is 841. The third kappa shape index (κ3) is 3.70. The number of nitrogen functional groups attached to an aromatic ring is 1. The van der Waals surface area contributed by atoms with Crippen LogP contribution in [0.2, 0.25) is 0 Å². The Labute approximate surface area is 148 Å². The third-order valence-corrected chi connectivity index (χ3v) is 4.03. The highest BCUT2D eigenvalue weighted by Gasteiger charge is 2.22. The summed E-state index contributed by atoms with van der Waals surface area (Å²) in [5.41, 5.74) is 8.77. The average Bonchev–Trinajstić information content (AvgIpc) is 3.05. The van der Waals surface area contributed by atoms with Crippen LogP contribution in [-0.4, -0.2) is 31.7 Å². The highest BCUT2D eigenvalue weighted by Crippen LogP contribution is 2.31. The second kappa shape index (κ2) is 7.92. The maximum atomic E-state index is 6.13. The van der Waals surface area contributed by atoms with Gasteiger partial charge in [-0.1, -0.05) is 19.9 Å². The van der Waals surface area contributed by atoms with Crippen molar-refractivity contribution in [2.75, 3.05) is 17.2 Å². The first-order valence-corrected chi connectivity index (χ1v) is 8.68. The lowest BCUT2D eigenvalue weighted by molar-refractivity contribution is 0.680. The highest BCUT2D eigenvalue weighted by atomic mass is 15.2. The van der Waals surface area contributed by atoms with Crippen LogP contribution in [0.15, 0.2) is 18.3 Å². The van der Waals surface area contributed by atoms with E-state index in [1.165, 1.54) is 0 Å². The molecule has 0 aliphatic rings. The zero-order valence-electron chi connectivity index (χ0n) is 15.8. The van der Waals surface area contributed by atoms with Crippen molar-refractivity contribution in [3.05, 3.63) is 35.4 Å². The molecule has 1 atom stereocenters. The van der Waals surface area contributed by atoms with E-state index in [4.69, 9.17) is 5.73 Å². The molecule has 3 N–H and O–H groups in total. The van der Waals surface area contributed by atoms with Crippen LogP contribution in [0.4, 0.5) is 11.6 Å². The van der Waals surface area contributed by atoms with Gasteiger partial charge in [0.15, 0.2) is 5.65 Å². The van der Waals surface area contributed by atoms with Crippen molar-refractivity contribution in [3.63, 3.8) is 0 Å². The SMILES string of the molecule is CC.CCN(c1nc(C)nc2[nH]ncc12)C(C)c1ccc(C)nc1N. The van der Waals surface area contributed by atoms with Gasteiger partial charge in [-0.2, -0.15) is 5.10 Å². The van der Waals surface area contributed by atoms with Gasteiger partial charge in [-0.3, -0.25) is 5.10 Å². The van der Waals surface area contributed by atoms with Crippen molar-refractivity contribution in [1.29, 1.82) is 0 Å². The van der Waals surface area contributed by atoms with E-state index < -0.39 is 0 Å². The Morgan fingerprint density at radius 3 is 2.52 bits per heavy atom. The number of aromatic nitrogens is 5. The molecule has 3 aromatic rings. The predicted molar refractivity (Wildman–Crippen MR) is 103 cm³/mol. The van der Waals surface area contributed by atoms with E-state index in [1.54, 1.807) is 6.20 Å². The standard InChI is InChI=1S/C16H21N7.C2H6/c1-5-23(10(3)12-7-6-9(2)19-14(12)17)16-13-8-18-22-15(13)20-11(4)21-16;1-2/h6-8,10H,5H2,1-4H3,(H2,17,19)(H,18,20,21,22);1-2H3. The minimum Gasteiger partial charge on any atom is -0.383 e. The van der Waals surface area contributed by atoms with Gasteiger partial charge < -0.3 is 10.6 Å². The van der Waals surface area contributed by atoms with Crippen molar-refractivity contribution in [2.45, 2.75) is 47.6 Å². The predicted octanol–water partition coefficient (Wildman–Crippen LogP) is 3.56. The molecule has 134 valence electrons. The zero-order chi connectivity index (χ0) is 18.6. The second-order valence-corrected chi connectivity index (χ2v) is 5.62. The summed E-state index contributed by atoms with van der Waals surface area (Å²) >= 11 is 0. The first kappa shape index (κ1) is 18.6. The van der Waals surface area contributed by atoms with Gasteiger partial charge in [0, 0.05) is 17.8 Å². The zero-order valence-corrected chi connectivity index (χ0v) is 15.8. The molecular weight excluding hydrogens is 314 g/mol. The number of rotatable bonds is 4. The van der Waals surface area contributed by atoms with Crippen LogP contribution in [0.3, 0.4) is 0 Å². The van der Waals surface area contributed by atoms with Gasteiger partial charge in [-0.05, 0) is 33.8 Å². The average molecular weight is 341 g/mol. The fraction of sp³-hybridized carbons (Fsp3) is 0.444. The van der Waals surface area contributed by atoms with Gasteiger partial charge in [0.25, 0.3) is 0 Å². The van der Waals surface area contributed by atoms with Crippen molar-refractivity contribution < 1.29 is 0 Å². The number of hydrogen-bond donors (Lipinski definition) is 2. The smallest absolute Gasteiger partial charge is 0.161 e. The first-order valence-electron chi connectivity index (χ1n) is 8.68. The number of fused-ring (bicyclic) bond motifs is 1. The van der Waals surface area contributed by atoms with E-state index >= 15 is 0 Å². The monoisotopic (exact) mass is 341 g/mol. The van der Waals surface area contributed by atoms with Gasteiger partial charge in [-0.15, -0.1) is 0 Å². The molecular formula is C18H27N7. The molecule has 0 aromatic carbocycles. The van der Waals surface area contributed by atoms with Gasteiger partial charge in [0.2, 0.25) is 0 Å².